The summed E-state index contributed by atoms with van der Waals surface area (Å²) >= 11 is 5.50. The van der Waals surface area contributed by atoms with Gasteiger partial charge in [0.05, 0.1) is 7.11 Å². The van der Waals surface area contributed by atoms with E-state index >= 15 is 0 Å². The van der Waals surface area contributed by atoms with Gasteiger partial charge in [0.25, 0.3) is 5.82 Å². The number of esters is 1. The maximum Gasteiger partial charge on any atom is 0.451 e. The summed E-state index contributed by atoms with van der Waals surface area (Å²) in [4.78, 5) is 21.1. The molecule has 0 N–H and O–H groups in total. The molecule has 0 saturated heterocycles. The van der Waals surface area contributed by atoms with Gasteiger partial charge in [0, 0.05) is 6.07 Å². The van der Waals surface area contributed by atoms with Crippen LogP contribution in [0.3, 0.4) is 0 Å². The Morgan fingerprint density at radius 3 is 2.70 bits per heavy atom. The number of carbonyl (C=O) groups excluding carboxylic acids is 1. The number of aromatic nitrogens is 5. The molecule has 2 heterocycles. The van der Waals surface area contributed by atoms with E-state index < -0.39 is 23.1 Å². The average molecular weight is 308 g/mol. The van der Waals surface area contributed by atoms with Gasteiger partial charge >= 0.3 is 12.1 Å². The largest absolute Gasteiger partial charge is 0.463 e. The normalized spacial score (nSPS) is 11.4. The molecule has 11 heteroatoms. The smallest absolute Gasteiger partial charge is 0.451 e. The Hall–Kier alpha value is -2.23. The highest BCUT2D eigenvalue weighted by molar-refractivity contribution is 6.29. The first-order valence-electron chi connectivity index (χ1n) is 4.93. The van der Waals surface area contributed by atoms with E-state index in [-0.39, 0.29) is 11.6 Å². The second-order valence-electron chi connectivity index (χ2n) is 3.37. The molecule has 2 rings (SSSR count). The number of rotatable bonds is 2. The Morgan fingerprint density at radius 2 is 2.10 bits per heavy atom. The number of carbonyl (C=O) groups is 1. The van der Waals surface area contributed by atoms with Crippen LogP contribution in [0.2, 0.25) is 5.15 Å². The Kier molecular flexibility index (Phi) is 3.57. The maximum atomic E-state index is 12.5. The van der Waals surface area contributed by atoms with Gasteiger partial charge in [0.2, 0.25) is 5.82 Å². The van der Waals surface area contributed by atoms with Crippen molar-refractivity contribution in [2.75, 3.05) is 7.11 Å². The number of alkyl halides is 3. The van der Waals surface area contributed by atoms with Gasteiger partial charge in [-0.15, -0.1) is 5.10 Å². The lowest BCUT2D eigenvalue weighted by atomic mass is 10.5. The monoisotopic (exact) mass is 307 g/mol. The summed E-state index contributed by atoms with van der Waals surface area (Å²) in [6, 6.07) is 1.05. The van der Waals surface area contributed by atoms with E-state index in [1.165, 1.54) is 0 Å². The zero-order valence-corrected chi connectivity index (χ0v) is 10.5. The fraction of sp³-hybridized carbons (Fsp3) is 0.222. The molecular formula is C9H5ClF3N5O2. The van der Waals surface area contributed by atoms with Gasteiger partial charge in [-0.2, -0.15) is 13.2 Å². The zero-order chi connectivity index (χ0) is 14.9. The van der Waals surface area contributed by atoms with Gasteiger partial charge in [0.1, 0.15) is 11.5 Å². The zero-order valence-electron chi connectivity index (χ0n) is 9.72. The number of hydrogen-bond acceptors (Lipinski definition) is 6. The van der Waals surface area contributed by atoms with Crippen LogP contribution in [0.5, 0.6) is 0 Å². The second kappa shape index (κ2) is 5.04. The molecule has 0 fully saturated rings. The van der Waals surface area contributed by atoms with Crippen LogP contribution in [0, 0.1) is 0 Å². The molecule has 0 atom stereocenters. The third-order valence-corrected chi connectivity index (χ3v) is 2.22. The fourth-order valence-electron chi connectivity index (χ4n) is 1.21. The molecule has 0 amide bonds. The SMILES string of the molecule is COC(=O)c1ncn(-c2cc(Cl)nc(C(F)(F)F)n2)n1. The molecule has 2 aromatic heterocycles. The minimum Gasteiger partial charge on any atom is -0.463 e. The standard InChI is InChI=1S/C9H5ClF3N5O2/c1-20-7(19)6-14-3-18(17-6)5-2-4(10)15-8(16-5)9(11,12)13/h2-3H,1H3. The Morgan fingerprint density at radius 1 is 1.40 bits per heavy atom. The minimum atomic E-state index is -4.76. The van der Waals surface area contributed by atoms with Crippen molar-refractivity contribution < 1.29 is 22.7 Å². The van der Waals surface area contributed by atoms with Crippen molar-refractivity contribution in [3.05, 3.63) is 29.2 Å². The number of methoxy groups -OCH3 is 1. The van der Waals surface area contributed by atoms with Gasteiger partial charge in [-0.25, -0.2) is 24.4 Å². The topological polar surface area (TPSA) is 82.8 Å². The molecule has 0 radical (unpaired) electrons. The van der Waals surface area contributed by atoms with Crippen LogP contribution in [0.1, 0.15) is 16.4 Å². The van der Waals surface area contributed by atoms with Crippen molar-refractivity contribution in [1.29, 1.82) is 0 Å². The molecule has 0 aromatic carbocycles. The number of nitrogens with zero attached hydrogens (tertiary/aromatic N) is 5. The lowest BCUT2D eigenvalue weighted by Gasteiger charge is -2.07. The van der Waals surface area contributed by atoms with Gasteiger partial charge in [-0.1, -0.05) is 11.6 Å². The Labute approximate surface area is 114 Å². The quantitative estimate of drug-likeness (QED) is 0.618. The highest BCUT2D eigenvalue weighted by Gasteiger charge is 2.35. The van der Waals surface area contributed by atoms with Crippen LogP contribution in [-0.4, -0.2) is 37.8 Å². The van der Waals surface area contributed by atoms with Gasteiger partial charge in [-0.3, -0.25) is 0 Å². The predicted octanol–water partition coefficient (Wildman–Crippen LogP) is 1.52. The van der Waals surface area contributed by atoms with Crippen LogP contribution in [0.15, 0.2) is 12.4 Å². The lowest BCUT2D eigenvalue weighted by Crippen LogP contribution is -2.14. The summed E-state index contributed by atoms with van der Waals surface area (Å²) in [5.41, 5.74) is 0. The summed E-state index contributed by atoms with van der Waals surface area (Å²) in [7, 11) is 1.12. The summed E-state index contributed by atoms with van der Waals surface area (Å²) in [5.74, 6) is -2.86. The fourth-order valence-corrected chi connectivity index (χ4v) is 1.39. The second-order valence-corrected chi connectivity index (χ2v) is 3.76. The van der Waals surface area contributed by atoms with Crippen LogP contribution in [0.25, 0.3) is 5.82 Å². The lowest BCUT2D eigenvalue weighted by molar-refractivity contribution is -0.145. The number of ether oxygens (including phenoxy) is 1. The molecule has 0 aliphatic rings. The van der Waals surface area contributed by atoms with E-state index in [0.29, 0.717) is 0 Å². The van der Waals surface area contributed by atoms with E-state index in [2.05, 4.69) is 24.8 Å². The van der Waals surface area contributed by atoms with Crippen molar-refractivity contribution in [3.8, 4) is 5.82 Å². The van der Waals surface area contributed by atoms with Crippen molar-refractivity contribution >= 4 is 17.6 Å². The maximum absolute atomic E-state index is 12.5. The summed E-state index contributed by atoms with van der Waals surface area (Å²) in [6.45, 7) is 0. The summed E-state index contributed by atoms with van der Waals surface area (Å²) < 4.78 is 42.9. The third-order valence-electron chi connectivity index (χ3n) is 2.03. The molecule has 0 bridgehead atoms. The van der Waals surface area contributed by atoms with Crippen molar-refractivity contribution in [2.24, 2.45) is 0 Å². The van der Waals surface area contributed by atoms with E-state index in [0.717, 1.165) is 24.2 Å². The third kappa shape index (κ3) is 2.85. The molecule has 0 aliphatic carbocycles. The van der Waals surface area contributed by atoms with E-state index in [1.807, 2.05) is 0 Å². The number of hydrogen-bond donors (Lipinski definition) is 0. The molecule has 0 spiro atoms. The van der Waals surface area contributed by atoms with Gasteiger partial charge in [0.15, 0.2) is 5.82 Å². The Balaban J connectivity index is 2.45. The molecule has 0 aliphatic heterocycles. The molecule has 20 heavy (non-hydrogen) atoms. The van der Waals surface area contributed by atoms with Crippen molar-refractivity contribution in [3.63, 3.8) is 0 Å². The first-order chi connectivity index (χ1) is 9.31. The highest BCUT2D eigenvalue weighted by atomic mass is 35.5. The molecular weight excluding hydrogens is 303 g/mol. The molecule has 0 saturated carbocycles. The molecule has 0 unspecified atom stereocenters. The van der Waals surface area contributed by atoms with E-state index in [1.54, 1.807) is 0 Å². The molecule has 7 nitrogen and oxygen atoms in total. The highest BCUT2D eigenvalue weighted by Crippen LogP contribution is 2.27. The first kappa shape index (κ1) is 14.2. The number of halogens is 4. The minimum absolute atomic E-state index is 0.278. The van der Waals surface area contributed by atoms with Crippen molar-refractivity contribution in [2.45, 2.75) is 6.18 Å². The van der Waals surface area contributed by atoms with Crippen LogP contribution >= 0.6 is 11.6 Å². The van der Waals surface area contributed by atoms with Crippen LogP contribution in [0.4, 0.5) is 13.2 Å². The van der Waals surface area contributed by atoms with Crippen molar-refractivity contribution in [1.82, 2.24) is 24.7 Å². The summed E-state index contributed by atoms with van der Waals surface area (Å²) in [6.07, 6.45) is -3.75. The molecule has 106 valence electrons. The average Bonchev–Trinajstić information content (AvgIpc) is 2.85. The van der Waals surface area contributed by atoms with Crippen LogP contribution in [-0.2, 0) is 10.9 Å². The van der Waals surface area contributed by atoms with E-state index in [4.69, 9.17) is 11.6 Å². The Bertz CT molecular complexity index is 657. The van der Waals surface area contributed by atoms with Crippen LogP contribution < -0.4 is 0 Å². The first-order valence-corrected chi connectivity index (χ1v) is 5.31. The summed E-state index contributed by atoms with van der Waals surface area (Å²) in [5, 5.41) is 3.21. The molecule has 2 aromatic rings. The van der Waals surface area contributed by atoms with E-state index in [9.17, 15) is 18.0 Å². The van der Waals surface area contributed by atoms with Gasteiger partial charge < -0.3 is 4.74 Å². The predicted molar refractivity (Wildman–Crippen MR) is 58.3 cm³/mol. The van der Waals surface area contributed by atoms with Gasteiger partial charge in [-0.05, 0) is 0 Å².